The average molecular weight is 487 g/mol. The number of carbonyl (C=O) groups is 1. The van der Waals surface area contributed by atoms with Gasteiger partial charge in [0, 0.05) is 18.7 Å². The fourth-order valence-electron chi connectivity index (χ4n) is 3.66. The molecule has 0 saturated carbocycles. The van der Waals surface area contributed by atoms with Gasteiger partial charge < -0.3 is 9.73 Å². The van der Waals surface area contributed by atoms with Crippen molar-refractivity contribution in [2.24, 2.45) is 0 Å². The monoisotopic (exact) mass is 486 g/mol. The Hall–Kier alpha value is -2.69. The van der Waals surface area contributed by atoms with Crippen LogP contribution in [0.5, 0.6) is 0 Å². The number of sulfonamides is 1. The van der Waals surface area contributed by atoms with Crippen molar-refractivity contribution < 1.29 is 17.6 Å². The van der Waals surface area contributed by atoms with Gasteiger partial charge >= 0.3 is 0 Å². The van der Waals surface area contributed by atoms with Crippen LogP contribution < -0.4 is 5.32 Å². The lowest BCUT2D eigenvalue weighted by molar-refractivity contribution is -0.119. The quantitative estimate of drug-likeness (QED) is 0.482. The number of amides is 1. The van der Waals surface area contributed by atoms with Gasteiger partial charge in [0.2, 0.25) is 21.8 Å². The highest BCUT2D eigenvalue weighted by Crippen LogP contribution is 2.27. The SMILES string of the molecule is CC(NC(=O)CSc1nnc(-c2cccc(S(=O)(=O)N3CCCCC3)c2)o1)c1ccccc1. The van der Waals surface area contributed by atoms with Gasteiger partial charge in [-0.15, -0.1) is 10.2 Å². The lowest BCUT2D eigenvalue weighted by Crippen LogP contribution is -2.35. The number of aromatic nitrogens is 2. The molecule has 0 bridgehead atoms. The Balaban J connectivity index is 1.38. The third-order valence-electron chi connectivity index (χ3n) is 5.44. The van der Waals surface area contributed by atoms with E-state index in [2.05, 4.69) is 15.5 Å². The topological polar surface area (TPSA) is 105 Å². The van der Waals surface area contributed by atoms with Crippen LogP contribution in [-0.2, 0) is 14.8 Å². The fourth-order valence-corrected chi connectivity index (χ4v) is 5.80. The van der Waals surface area contributed by atoms with Gasteiger partial charge in [-0.3, -0.25) is 4.79 Å². The van der Waals surface area contributed by atoms with Crippen molar-refractivity contribution in [3.63, 3.8) is 0 Å². The summed E-state index contributed by atoms with van der Waals surface area (Å²) >= 11 is 1.13. The molecule has 1 aliphatic heterocycles. The Kier molecular flexibility index (Phi) is 7.46. The first-order valence-electron chi connectivity index (χ1n) is 10.8. The molecule has 8 nitrogen and oxygen atoms in total. The third kappa shape index (κ3) is 5.82. The number of hydrogen-bond acceptors (Lipinski definition) is 7. The second-order valence-corrected chi connectivity index (χ2v) is 10.7. The minimum atomic E-state index is -3.56. The Labute approximate surface area is 197 Å². The summed E-state index contributed by atoms with van der Waals surface area (Å²) in [6.45, 7) is 3.01. The fraction of sp³-hybridized carbons (Fsp3) is 0.348. The lowest BCUT2D eigenvalue weighted by Gasteiger charge is -2.25. The van der Waals surface area contributed by atoms with Crippen LogP contribution in [-0.4, -0.2) is 47.7 Å². The van der Waals surface area contributed by atoms with E-state index in [1.807, 2.05) is 37.3 Å². The van der Waals surface area contributed by atoms with Crippen LogP contribution >= 0.6 is 11.8 Å². The van der Waals surface area contributed by atoms with Crippen molar-refractivity contribution in [2.75, 3.05) is 18.8 Å². The van der Waals surface area contributed by atoms with E-state index in [4.69, 9.17) is 4.42 Å². The van der Waals surface area contributed by atoms with Crippen LogP contribution in [0.1, 0.15) is 37.8 Å². The van der Waals surface area contributed by atoms with E-state index in [1.165, 1.54) is 4.31 Å². The minimum absolute atomic E-state index is 0.109. The smallest absolute Gasteiger partial charge is 0.277 e. The van der Waals surface area contributed by atoms with Crippen molar-refractivity contribution in [1.82, 2.24) is 19.8 Å². The van der Waals surface area contributed by atoms with Crippen LogP contribution in [0.25, 0.3) is 11.5 Å². The molecule has 1 amide bonds. The van der Waals surface area contributed by atoms with Gasteiger partial charge in [0.1, 0.15) is 0 Å². The molecule has 1 saturated heterocycles. The van der Waals surface area contributed by atoms with E-state index in [-0.39, 0.29) is 33.7 Å². The maximum absolute atomic E-state index is 13.0. The maximum Gasteiger partial charge on any atom is 0.277 e. The summed E-state index contributed by atoms with van der Waals surface area (Å²) in [5, 5.41) is 11.2. The number of thioether (sulfide) groups is 1. The highest BCUT2D eigenvalue weighted by atomic mass is 32.2. The molecule has 2 aromatic carbocycles. The Morgan fingerprint density at radius 3 is 2.61 bits per heavy atom. The Morgan fingerprint density at radius 2 is 1.85 bits per heavy atom. The molecule has 0 radical (unpaired) electrons. The zero-order valence-electron chi connectivity index (χ0n) is 18.3. The molecule has 10 heteroatoms. The number of rotatable bonds is 8. The number of piperidine rings is 1. The number of carbonyl (C=O) groups excluding carboxylic acids is 1. The predicted octanol–water partition coefficient (Wildman–Crippen LogP) is 3.88. The normalized spacial score (nSPS) is 15.8. The molecule has 1 unspecified atom stereocenters. The van der Waals surface area contributed by atoms with E-state index in [0.717, 1.165) is 36.6 Å². The van der Waals surface area contributed by atoms with Crippen LogP contribution in [0.3, 0.4) is 0 Å². The largest absolute Gasteiger partial charge is 0.411 e. The number of benzene rings is 2. The van der Waals surface area contributed by atoms with E-state index < -0.39 is 10.0 Å². The number of nitrogens with zero attached hydrogens (tertiary/aromatic N) is 3. The molecule has 1 N–H and O–H groups in total. The van der Waals surface area contributed by atoms with Crippen LogP contribution in [0, 0.1) is 0 Å². The van der Waals surface area contributed by atoms with Gasteiger partial charge in [-0.1, -0.05) is 54.6 Å². The summed E-state index contributed by atoms with van der Waals surface area (Å²) in [4.78, 5) is 12.5. The maximum atomic E-state index is 13.0. The zero-order valence-corrected chi connectivity index (χ0v) is 19.9. The molecule has 1 fully saturated rings. The standard InChI is InChI=1S/C23H26N4O4S2/c1-17(18-9-4-2-5-10-18)24-21(28)16-32-23-26-25-22(31-23)19-11-8-12-20(15-19)33(29,30)27-13-6-3-7-14-27/h2,4-5,8-12,15,17H,3,6-7,13-14,16H2,1H3,(H,24,28). The summed E-state index contributed by atoms with van der Waals surface area (Å²) < 4.78 is 33.1. The van der Waals surface area contributed by atoms with Crippen molar-refractivity contribution >= 4 is 27.7 Å². The average Bonchev–Trinajstić information content (AvgIpc) is 3.33. The first-order valence-corrected chi connectivity index (χ1v) is 13.3. The zero-order chi connectivity index (χ0) is 23.3. The van der Waals surface area contributed by atoms with Crippen molar-refractivity contribution in [3.8, 4) is 11.5 Å². The minimum Gasteiger partial charge on any atom is -0.411 e. The highest BCUT2D eigenvalue weighted by Gasteiger charge is 2.26. The van der Waals surface area contributed by atoms with E-state index in [1.54, 1.807) is 24.3 Å². The highest BCUT2D eigenvalue weighted by molar-refractivity contribution is 7.99. The van der Waals surface area contributed by atoms with Crippen LogP contribution in [0.2, 0.25) is 0 Å². The van der Waals surface area contributed by atoms with Gasteiger partial charge in [0.25, 0.3) is 5.22 Å². The molecule has 0 aliphatic carbocycles. The molecule has 3 aromatic rings. The second kappa shape index (κ2) is 10.5. The van der Waals surface area contributed by atoms with Gasteiger partial charge in [-0.25, -0.2) is 8.42 Å². The van der Waals surface area contributed by atoms with Crippen molar-refractivity contribution in [3.05, 3.63) is 60.2 Å². The molecule has 1 atom stereocenters. The summed E-state index contributed by atoms with van der Waals surface area (Å²) in [6, 6.07) is 16.1. The van der Waals surface area contributed by atoms with Gasteiger partial charge in [0.05, 0.1) is 16.7 Å². The second-order valence-electron chi connectivity index (χ2n) is 7.85. The van der Waals surface area contributed by atoms with Crippen molar-refractivity contribution in [2.45, 2.75) is 42.3 Å². The Morgan fingerprint density at radius 1 is 1.09 bits per heavy atom. The molecule has 0 spiro atoms. The number of nitrogens with one attached hydrogen (secondary N) is 1. The van der Waals surface area contributed by atoms with Crippen molar-refractivity contribution in [1.29, 1.82) is 0 Å². The number of hydrogen-bond donors (Lipinski definition) is 1. The lowest BCUT2D eigenvalue weighted by atomic mass is 10.1. The summed E-state index contributed by atoms with van der Waals surface area (Å²) in [5.74, 6) is 0.194. The van der Waals surface area contributed by atoms with Gasteiger partial charge in [0.15, 0.2) is 0 Å². The predicted molar refractivity (Wildman–Crippen MR) is 126 cm³/mol. The molecule has 174 valence electrons. The third-order valence-corrected chi connectivity index (χ3v) is 8.16. The molecule has 33 heavy (non-hydrogen) atoms. The van der Waals surface area contributed by atoms with Crippen LogP contribution in [0.4, 0.5) is 0 Å². The van der Waals surface area contributed by atoms with E-state index in [9.17, 15) is 13.2 Å². The summed E-state index contributed by atoms with van der Waals surface area (Å²) in [7, 11) is -3.56. The van der Waals surface area contributed by atoms with Gasteiger partial charge in [-0.2, -0.15) is 4.31 Å². The van der Waals surface area contributed by atoms with E-state index in [0.29, 0.717) is 18.7 Å². The molecular weight excluding hydrogens is 460 g/mol. The first-order chi connectivity index (χ1) is 15.9. The van der Waals surface area contributed by atoms with E-state index >= 15 is 0 Å². The molecule has 1 aromatic heterocycles. The molecule has 1 aliphatic rings. The Bertz CT molecular complexity index is 1190. The molecule has 2 heterocycles. The first kappa shape index (κ1) is 23.5. The van der Waals surface area contributed by atoms with Gasteiger partial charge in [-0.05, 0) is 43.5 Å². The molecular formula is C23H26N4O4S2. The summed E-state index contributed by atoms with van der Waals surface area (Å²) in [5.41, 5.74) is 1.55. The van der Waals surface area contributed by atoms with Crippen LogP contribution in [0.15, 0.2) is 69.1 Å². The molecule has 4 rings (SSSR count). The summed E-state index contributed by atoms with van der Waals surface area (Å²) in [6.07, 6.45) is 2.80.